The molecule has 1 aliphatic rings. The van der Waals surface area contributed by atoms with Gasteiger partial charge >= 0.3 is 0 Å². The smallest absolute Gasteiger partial charge is 0.226 e. The number of hydrogen-bond acceptors (Lipinski definition) is 3. The van der Waals surface area contributed by atoms with Gasteiger partial charge in [0.15, 0.2) is 5.78 Å². The van der Waals surface area contributed by atoms with E-state index in [9.17, 15) is 14.0 Å². The molecule has 0 unspecified atom stereocenters. The summed E-state index contributed by atoms with van der Waals surface area (Å²) in [6, 6.07) is 13.3. The lowest BCUT2D eigenvalue weighted by Gasteiger charge is -2.23. The van der Waals surface area contributed by atoms with Gasteiger partial charge in [0, 0.05) is 17.5 Å². The summed E-state index contributed by atoms with van der Waals surface area (Å²) in [5.74, 6) is -0.803. The van der Waals surface area contributed by atoms with E-state index in [-0.39, 0.29) is 23.9 Å². The highest BCUT2D eigenvalue weighted by Crippen LogP contribution is 2.38. The first kappa shape index (κ1) is 18.1. The zero-order chi connectivity index (χ0) is 19.8. The van der Waals surface area contributed by atoms with Crippen molar-refractivity contribution in [3.05, 3.63) is 76.7 Å². The van der Waals surface area contributed by atoms with Crippen molar-refractivity contribution < 1.29 is 14.0 Å². The lowest BCUT2D eigenvalue weighted by Crippen LogP contribution is -2.28. The number of ketones is 1. The van der Waals surface area contributed by atoms with Crippen LogP contribution >= 0.6 is 0 Å². The van der Waals surface area contributed by atoms with Crippen LogP contribution in [0.3, 0.4) is 0 Å². The van der Waals surface area contributed by atoms with E-state index in [0.29, 0.717) is 28.3 Å². The van der Waals surface area contributed by atoms with E-state index in [1.165, 1.54) is 12.1 Å². The number of benzene rings is 2. The Labute approximate surface area is 162 Å². The van der Waals surface area contributed by atoms with Crippen LogP contribution in [0.4, 0.5) is 10.2 Å². The standard InChI is InChI=1S/C22H20FN3O2/c1-3-14-4-6-15(7-5-14)21(28)18-12-19(27)24-22-20(18)13(2)25-26(22)17-10-8-16(23)9-11-17/h4-11,18H,3,12H2,1-2H3,(H,24,27)/t18-/m0/s1. The van der Waals surface area contributed by atoms with E-state index >= 15 is 0 Å². The normalized spacial score (nSPS) is 15.8. The summed E-state index contributed by atoms with van der Waals surface area (Å²) >= 11 is 0. The van der Waals surface area contributed by atoms with Gasteiger partial charge < -0.3 is 5.32 Å². The zero-order valence-corrected chi connectivity index (χ0v) is 15.7. The molecule has 28 heavy (non-hydrogen) atoms. The minimum Gasteiger partial charge on any atom is -0.310 e. The van der Waals surface area contributed by atoms with Crippen LogP contribution in [0, 0.1) is 12.7 Å². The number of rotatable bonds is 4. The number of anilines is 1. The van der Waals surface area contributed by atoms with Gasteiger partial charge in [0.25, 0.3) is 0 Å². The minimum atomic E-state index is -0.592. The Kier molecular flexibility index (Phi) is 4.55. The van der Waals surface area contributed by atoms with Crippen molar-refractivity contribution in [3.63, 3.8) is 0 Å². The molecule has 0 saturated carbocycles. The molecule has 2 aromatic carbocycles. The molecule has 0 radical (unpaired) electrons. The summed E-state index contributed by atoms with van der Waals surface area (Å²) in [5, 5.41) is 7.34. The molecule has 1 aliphatic heterocycles. The number of Topliss-reactive ketones (excluding diaryl/α,β-unsaturated/α-hetero) is 1. The first-order chi connectivity index (χ1) is 13.5. The molecule has 0 spiro atoms. The summed E-state index contributed by atoms with van der Waals surface area (Å²) in [6.45, 7) is 3.87. The Morgan fingerprint density at radius 2 is 1.86 bits per heavy atom. The number of aryl methyl sites for hydroxylation is 2. The van der Waals surface area contributed by atoms with Gasteiger partial charge in [-0.05, 0) is 43.2 Å². The van der Waals surface area contributed by atoms with E-state index in [0.717, 1.165) is 12.0 Å². The summed E-state index contributed by atoms with van der Waals surface area (Å²) in [7, 11) is 0. The molecule has 5 nitrogen and oxygen atoms in total. The van der Waals surface area contributed by atoms with E-state index in [1.54, 1.807) is 16.8 Å². The number of carbonyl (C=O) groups is 2. The molecular weight excluding hydrogens is 357 g/mol. The number of aromatic nitrogens is 2. The average Bonchev–Trinajstić information content (AvgIpc) is 3.03. The highest BCUT2D eigenvalue weighted by atomic mass is 19.1. The fourth-order valence-electron chi connectivity index (χ4n) is 3.65. The van der Waals surface area contributed by atoms with Crippen molar-refractivity contribution in [2.75, 3.05) is 5.32 Å². The van der Waals surface area contributed by atoms with Gasteiger partial charge in [-0.1, -0.05) is 31.2 Å². The van der Waals surface area contributed by atoms with E-state index in [4.69, 9.17) is 0 Å². The van der Waals surface area contributed by atoms with Crippen LogP contribution in [0.2, 0.25) is 0 Å². The van der Waals surface area contributed by atoms with E-state index in [2.05, 4.69) is 17.3 Å². The molecule has 3 aromatic rings. The second-order valence-electron chi connectivity index (χ2n) is 6.96. The third kappa shape index (κ3) is 3.11. The molecule has 1 N–H and O–H groups in total. The third-order valence-electron chi connectivity index (χ3n) is 5.14. The van der Waals surface area contributed by atoms with Crippen LogP contribution < -0.4 is 5.32 Å². The monoisotopic (exact) mass is 377 g/mol. The molecule has 1 atom stereocenters. The molecule has 6 heteroatoms. The molecule has 4 rings (SSSR count). The number of halogens is 1. The molecule has 0 saturated heterocycles. The fraction of sp³-hybridized carbons (Fsp3) is 0.227. The largest absolute Gasteiger partial charge is 0.310 e. The average molecular weight is 377 g/mol. The van der Waals surface area contributed by atoms with Crippen molar-refractivity contribution in [2.45, 2.75) is 32.6 Å². The molecule has 2 heterocycles. The number of amides is 1. The first-order valence-corrected chi connectivity index (χ1v) is 9.26. The van der Waals surface area contributed by atoms with Crippen LogP contribution in [0.5, 0.6) is 0 Å². The van der Waals surface area contributed by atoms with Crippen molar-refractivity contribution in [1.82, 2.24) is 9.78 Å². The summed E-state index contributed by atoms with van der Waals surface area (Å²) < 4.78 is 14.8. The quantitative estimate of drug-likeness (QED) is 0.694. The van der Waals surface area contributed by atoms with Crippen LogP contribution in [-0.4, -0.2) is 21.5 Å². The first-order valence-electron chi connectivity index (χ1n) is 9.26. The van der Waals surface area contributed by atoms with E-state index in [1.807, 2.05) is 31.2 Å². The van der Waals surface area contributed by atoms with Crippen LogP contribution in [0.15, 0.2) is 48.5 Å². The topological polar surface area (TPSA) is 64.0 Å². The summed E-state index contributed by atoms with van der Waals surface area (Å²) in [6.07, 6.45) is 0.977. The number of hydrogen-bond donors (Lipinski definition) is 1. The second-order valence-corrected chi connectivity index (χ2v) is 6.96. The lowest BCUT2D eigenvalue weighted by molar-refractivity contribution is -0.116. The predicted molar refractivity (Wildman–Crippen MR) is 104 cm³/mol. The number of nitrogens with one attached hydrogen (secondary N) is 1. The van der Waals surface area contributed by atoms with Gasteiger partial charge in [0.2, 0.25) is 5.91 Å². The maximum absolute atomic E-state index is 13.3. The van der Waals surface area contributed by atoms with Gasteiger partial charge in [-0.3, -0.25) is 9.59 Å². The van der Waals surface area contributed by atoms with Gasteiger partial charge in [0.1, 0.15) is 11.6 Å². The third-order valence-corrected chi connectivity index (χ3v) is 5.14. The van der Waals surface area contributed by atoms with Crippen LogP contribution in [0.1, 0.15) is 46.4 Å². The molecule has 142 valence electrons. The lowest BCUT2D eigenvalue weighted by atomic mass is 9.85. The predicted octanol–water partition coefficient (Wildman–Crippen LogP) is 4.19. The molecular formula is C22H20FN3O2. The zero-order valence-electron chi connectivity index (χ0n) is 15.7. The maximum Gasteiger partial charge on any atom is 0.226 e. The van der Waals surface area contributed by atoms with Gasteiger partial charge in [0.05, 0.1) is 17.3 Å². The second kappa shape index (κ2) is 7.03. The van der Waals surface area contributed by atoms with Crippen molar-refractivity contribution in [1.29, 1.82) is 0 Å². The fourth-order valence-corrected chi connectivity index (χ4v) is 3.65. The Balaban J connectivity index is 1.77. The highest BCUT2D eigenvalue weighted by molar-refractivity contribution is 6.08. The van der Waals surface area contributed by atoms with Gasteiger partial charge in [-0.15, -0.1) is 0 Å². The Morgan fingerprint density at radius 3 is 2.50 bits per heavy atom. The molecule has 1 aromatic heterocycles. The van der Waals surface area contributed by atoms with Crippen molar-refractivity contribution in [2.24, 2.45) is 0 Å². The molecule has 0 aliphatic carbocycles. The van der Waals surface area contributed by atoms with Crippen LogP contribution in [-0.2, 0) is 11.2 Å². The molecule has 1 amide bonds. The molecule has 0 fully saturated rings. The van der Waals surface area contributed by atoms with Gasteiger partial charge in [-0.2, -0.15) is 5.10 Å². The Hall–Kier alpha value is -3.28. The molecule has 0 bridgehead atoms. The van der Waals surface area contributed by atoms with E-state index < -0.39 is 5.92 Å². The number of carbonyl (C=O) groups excluding carboxylic acids is 2. The highest BCUT2D eigenvalue weighted by Gasteiger charge is 2.36. The Bertz CT molecular complexity index is 1050. The van der Waals surface area contributed by atoms with Crippen molar-refractivity contribution in [3.8, 4) is 5.69 Å². The maximum atomic E-state index is 13.3. The van der Waals surface area contributed by atoms with Crippen molar-refractivity contribution >= 4 is 17.5 Å². The number of nitrogens with zero attached hydrogens (tertiary/aromatic N) is 2. The summed E-state index contributed by atoms with van der Waals surface area (Å²) in [4.78, 5) is 25.5. The van der Waals surface area contributed by atoms with Gasteiger partial charge in [-0.25, -0.2) is 9.07 Å². The SMILES string of the molecule is CCc1ccc(C(=O)[C@H]2CC(=O)Nc3c2c(C)nn3-c2ccc(F)cc2)cc1. The summed E-state index contributed by atoms with van der Waals surface area (Å²) in [5.41, 5.74) is 3.73. The van der Waals surface area contributed by atoms with Crippen LogP contribution in [0.25, 0.3) is 5.69 Å². The minimum absolute atomic E-state index is 0.0807. The number of fused-ring (bicyclic) bond motifs is 1. The Morgan fingerprint density at radius 1 is 1.18 bits per heavy atom.